The van der Waals surface area contributed by atoms with Crippen LogP contribution in [0.25, 0.3) is 0 Å². The van der Waals surface area contributed by atoms with Gasteiger partial charge in [-0.3, -0.25) is 9.69 Å². The monoisotopic (exact) mass is 207 g/mol. The average Bonchev–Trinajstić information content (AvgIpc) is 2.75. The van der Waals surface area contributed by atoms with E-state index in [1.165, 1.54) is 0 Å². The fourth-order valence-corrected chi connectivity index (χ4v) is 2.12. The minimum absolute atomic E-state index is 0.391. The Hall–Kier alpha value is -1.09. The van der Waals surface area contributed by atoms with Gasteiger partial charge in [0.25, 0.3) is 0 Å². The molecule has 0 bridgehead atoms. The van der Waals surface area contributed by atoms with E-state index in [4.69, 9.17) is 4.42 Å². The largest absolute Gasteiger partial charge is 0.465 e. The maximum Gasteiger partial charge on any atom is 0.134 e. The van der Waals surface area contributed by atoms with Gasteiger partial charge in [0.1, 0.15) is 17.3 Å². The highest BCUT2D eigenvalue weighted by Crippen LogP contribution is 2.21. The average molecular weight is 207 g/mol. The molecule has 0 radical (unpaired) electrons. The van der Waals surface area contributed by atoms with Gasteiger partial charge in [0.2, 0.25) is 0 Å². The quantitative estimate of drug-likeness (QED) is 0.761. The molecule has 1 aliphatic rings. The Morgan fingerprint density at radius 1 is 1.53 bits per heavy atom. The topological polar surface area (TPSA) is 33.5 Å². The highest BCUT2D eigenvalue weighted by Gasteiger charge is 2.25. The minimum atomic E-state index is 0.391. The van der Waals surface area contributed by atoms with Crippen molar-refractivity contribution >= 4 is 5.78 Å². The summed E-state index contributed by atoms with van der Waals surface area (Å²) in [7, 11) is 2.06. The number of Topliss-reactive ketones (excluding diaryl/α,β-unsaturated/α-hetero) is 1. The summed E-state index contributed by atoms with van der Waals surface area (Å²) in [6.07, 6.45) is 2.44. The third-order valence-corrected chi connectivity index (χ3v) is 3.04. The first-order valence-corrected chi connectivity index (χ1v) is 5.42. The number of carbonyl (C=O) groups is 1. The van der Waals surface area contributed by atoms with E-state index in [9.17, 15) is 4.79 Å². The number of aryl methyl sites for hydroxylation is 1. The molecule has 1 aromatic rings. The van der Waals surface area contributed by atoms with Crippen molar-refractivity contribution in [3.8, 4) is 0 Å². The van der Waals surface area contributed by atoms with Crippen molar-refractivity contribution in [2.45, 2.75) is 38.8 Å². The first-order valence-electron chi connectivity index (χ1n) is 5.42. The van der Waals surface area contributed by atoms with Crippen LogP contribution in [0, 0.1) is 6.92 Å². The Morgan fingerprint density at radius 3 is 2.87 bits per heavy atom. The number of furan rings is 1. The van der Waals surface area contributed by atoms with E-state index in [1.54, 1.807) is 0 Å². The number of hydrogen-bond donors (Lipinski definition) is 0. The number of nitrogens with zero attached hydrogens (tertiary/aromatic N) is 1. The molecule has 1 atom stereocenters. The zero-order valence-electron chi connectivity index (χ0n) is 9.32. The molecule has 1 aliphatic carbocycles. The number of ketones is 1. The summed E-state index contributed by atoms with van der Waals surface area (Å²) in [5, 5.41) is 0. The molecule has 1 saturated carbocycles. The highest BCUT2D eigenvalue weighted by molar-refractivity contribution is 5.81. The molecule has 1 aromatic heterocycles. The van der Waals surface area contributed by atoms with Gasteiger partial charge < -0.3 is 4.42 Å². The van der Waals surface area contributed by atoms with Crippen LogP contribution in [0.4, 0.5) is 0 Å². The Balaban J connectivity index is 1.92. The van der Waals surface area contributed by atoms with Crippen LogP contribution in [0.3, 0.4) is 0 Å². The van der Waals surface area contributed by atoms with E-state index in [0.29, 0.717) is 18.2 Å². The molecule has 3 heteroatoms. The fraction of sp³-hybridized carbons (Fsp3) is 0.583. The summed E-state index contributed by atoms with van der Waals surface area (Å²) in [6, 6.07) is 4.38. The fourth-order valence-electron chi connectivity index (χ4n) is 2.12. The minimum Gasteiger partial charge on any atom is -0.465 e. The third-order valence-electron chi connectivity index (χ3n) is 3.04. The zero-order valence-corrected chi connectivity index (χ0v) is 9.32. The summed E-state index contributed by atoms with van der Waals surface area (Å²) in [6.45, 7) is 2.74. The van der Waals surface area contributed by atoms with E-state index < -0.39 is 0 Å². The smallest absolute Gasteiger partial charge is 0.134 e. The van der Waals surface area contributed by atoms with Crippen LogP contribution in [0.1, 0.15) is 30.8 Å². The molecular weight excluding hydrogens is 190 g/mol. The second kappa shape index (κ2) is 4.19. The van der Waals surface area contributed by atoms with Gasteiger partial charge in [0.15, 0.2) is 0 Å². The van der Waals surface area contributed by atoms with Gasteiger partial charge in [0, 0.05) is 18.9 Å². The van der Waals surface area contributed by atoms with Crippen molar-refractivity contribution in [2.24, 2.45) is 0 Å². The maximum atomic E-state index is 11.2. The van der Waals surface area contributed by atoms with Crippen LogP contribution in [0.5, 0.6) is 0 Å². The number of rotatable bonds is 3. The second-order valence-electron chi connectivity index (χ2n) is 4.36. The van der Waals surface area contributed by atoms with Gasteiger partial charge in [-0.05, 0) is 32.5 Å². The second-order valence-corrected chi connectivity index (χ2v) is 4.36. The summed E-state index contributed by atoms with van der Waals surface area (Å²) in [5.74, 6) is 2.32. The molecule has 1 unspecified atom stereocenters. The lowest BCUT2D eigenvalue weighted by Gasteiger charge is -2.21. The van der Waals surface area contributed by atoms with Gasteiger partial charge >= 0.3 is 0 Å². The highest BCUT2D eigenvalue weighted by atomic mass is 16.3. The van der Waals surface area contributed by atoms with Crippen LogP contribution >= 0.6 is 0 Å². The standard InChI is InChI=1S/C12H17NO2/c1-9-3-6-12(15-9)8-13(2)10-4-5-11(14)7-10/h3,6,10H,4-5,7-8H2,1-2H3. The maximum absolute atomic E-state index is 11.2. The molecule has 0 saturated heterocycles. The third kappa shape index (κ3) is 2.48. The van der Waals surface area contributed by atoms with Crippen molar-refractivity contribution in [1.29, 1.82) is 0 Å². The van der Waals surface area contributed by atoms with E-state index in [0.717, 1.165) is 30.9 Å². The normalized spacial score (nSPS) is 21.5. The van der Waals surface area contributed by atoms with Crippen LogP contribution in [-0.2, 0) is 11.3 Å². The molecule has 1 heterocycles. The van der Waals surface area contributed by atoms with E-state index >= 15 is 0 Å². The summed E-state index contributed by atoms with van der Waals surface area (Å²) < 4.78 is 5.51. The molecule has 1 fully saturated rings. The lowest BCUT2D eigenvalue weighted by molar-refractivity contribution is -0.117. The summed E-state index contributed by atoms with van der Waals surface area (Å²) >= 11 is 0. The van der Waals surface area contributed by atoms with Crippen LogP contribution in [-0.4, -0.2) is 23.8 Å². The molecule has 0 amide bonds. The lowest BCUT2D eigenvalue weighted by atomic mass is 10.2. The van der Waals surface area contributed by atoms with Crippen LogP contribution < -0.4 is 0 Å². The first-order chi connectivity index (χ1) is 7.15. The van der Waals surface area contributed by atoms with E-state index in [1.807, 2.05) is 19.1 Å². The lowest BCUT2D eigenvalue weighted by Crippen LogP contribution is -2.28. The Labute approximate surface area is 90.1 Å². The van der Waals surface area contributed by atoms with E-state index in [2.05, 4.69) is 11.9 Å². The van der Waals surface area contributed by atoms with E-state index in [-0.39, 0.29) is 0 Å². The zero-order chi connectivity index (χ0) is 10.8. The molecular formula is C12H17NO2. The summed E-state index contributed by atoms with van der Waals surface area (Å²) in [5.41, 5.74) is 0. The van der Waals surface area contributed by atoms with Crippen molar-refractivity contribution in [3.05, 3.63) is 23.7 Å². The van der Waals surface area contributed by atoms with Crippen molar-refractivity contribution in [2.75, 3.05) is 7.05 Å². The molecule has 3 nitrogen and oxygen atoms in total. The molecule has 2 rings (SSSR count). The molecule has 15 heavy (non-hydrogen) atoms. The Kier molecular flexibility index (Phi) is 2.91. The van der Waals surface area contributed by atoms with Crippen molar-refractivity contribution in [1.82, 2.24) is 4.90 Å². The predicted octanol–water partition coefficient (Wildman–Crippen LogP) is 2.14. The Bertz CT molecular complexity index is 356. The van der Waals surface area contributed by atoms with Crippen LogP contribution in [0.2, 0.25) is 0 Å². The predicted molar refractivity (Wildman–Crippen MR) is 57.6 cm³/mol. The molecule has 82 valence electrons. The number of carbonyl (C=O) groups excluding carboxylic acids is 1. The van der Waals surface area contributed by atoms with Crippen LogP contribution in [0.15, 0.2) is 16.5 Å². The Morgan fingerprint density at radius 2 is 2.33 bits per heavy atom. The van der Waals surface area contributed by atoms with Crippen molar-refractivity contribution < 1.29 is 9.21 Å². The van der Waals surface area contributed by atoms with Gasteiger partial charge in [0.05, 0.1) is 6.54 Å². The van der Waals surface area contributed by atoms with Gasteiger partial charge in [-0.1, -0.05) is 0 Å². The first kappa shape index (κ1) is 10.4. The molecule has 0 aliphatic heterocycles. The molecule has 0 N–H and O–H groups in total. The van der Waals surface area contributed by atoms with Crippen molar-refractivity contribution in [3.63, 3.8) is 0 Å². The van der Waals surface area contributed by atoms with Gasteiger partial charge in [-0.25, -0.2) is 0 Å². The molecule has 0 spiro atoms. The van der Waals surface area contributed by atoms with Gasteiger partial charge in [-0.2, -0.15) is 0 Å². The number of hydrogen-bond acceptors (Lipinski definition) is 3. The van der Waals surface area contributed by atoms with Gasteiger partial charge in [-0.15, -0.1) is 0 Å². The molecule has 0 aromatic carbocycles. The SMILES string of the molecule is Cc1ccc(CN(C)C2CCC(=O)C2)o1. The summed E-state index contributed by atoms with van der Waals surface area (Å²) in [4.78, 5) is 13.4.